The first-order valence-electron chi connectivity index (χ1n) is 12.2. The van der Waals surface area contributed by atoms with Crippen LogP contribution in [0.25, 0.3) is 0 Å². The molecule has 196 valence electrons. The zero-order chi connectivity index (χ0) is 26.5. The number of hydrogen-bond donors (Lipinski definition) is 1. The van der Waals surface area contributed by atoms with Crippen LogP contribution >= 0.6 is 23.1 Å². The molecule has 1 N–H and O–H groups in total. The van der Waals surface area contributed by atoms with Gasteiger partial charge in [-0.05, 0) is 61.8 Å². The van der Waals surface area contributed by atoms with Crippen LogP contribution in [-0.2, 0) is 35.5 Å². The van der Waals surface area contributed by atoms with E-state index in [0.29, 0.717) is 34.0 Å². The summed E-state index contributed by atoms with van der Waals surface area (Å²) < 4.78 is 12.9. The van der Waals surface area contributed by atoms with Gasteiger partial charge in [0, 0.05) is 11.4 Å². The van der Waals surface area contributed by atoms with Crippen LogP contribution in [0.5, 0.6) is 5.75 Å². The van der Waals surface area contributed by atoms with Crippen molar-refractivity contribution in [3.8, 4) is 5.75 Å². The molecule has 0 aliphatic heterocycles. The van der Waals surface area contributed by atoms with E-state index in [1.54, 1.807) is 6.08 Å². The van der Waals surface area contributed by atoms with Crippen molar-refractivity contribution in [2.75, 3.05) is 18.2 Å². The van der Waals surface area contributed by atoms with Gasteiger partial charge in [-0.1, -0.05) is 36.9 Å². The molecule has 2 heterocycles. The SMILES string of the molecule is C=CCn1c(COc2cc(C)ccc2C)nnc1SCC(=O)Nc1sc2c(c1C(=O)OC)CCC(C)C2. The Labute approximate surface area is 225 Å². The fraction of sp³-hybridized carbons (Fsp3) is 0.407. The smallest absolute Gasteiger partial charge is 0.341 e. The van der Waals surface area contributed by atoms with E-state index >= 15 is 0 Å². The Bertz CT molecular complexity index is 1310. The molecule has 37 heavy (non-hydrogen) atoms. The van der Waals surface area contributed by atoms with Gasteiger partial charge < -0.3 is 14.8 Å². The summed E-state index contributed by atoms with van der Waals surface area (Å²) in [5.74, 6) is 1.50. The maximum Gasteiger partial charge on any atom is 0.341 e. The number of thioether (sulfide) groups is 1. The zero-order valence-corrected chi connectivity index (χ0v) is 23.3. The lowest BCUT2D eigenvalue weighted by atomic mass is 9.88. The fourth-order valence-corrected chi connectivity index (χ4v) is 6.48. The molecule has 1 aliphatic carbocycles. The lowest BCUT2D eigenvalue weighted by Crippen LogP contribution is -2.17. The van der Waals surface area contributed by atoms with Gasteiger partial charge in [-0.2, -0.15) is 0 Å². The Morgan fingerprint density at radius 1 is 1.32 bits per heavy atom. The molecule has 8 nitrogen and oxygen atoms in total. The molecule has 3 aromatic rings. The lowest BCUT2D eigenvalue weighted by Gasteiger charge is -2.18. The number of amides is 1. The minimum atomic E-state index is -0.408. The van der Waals surface area contributed by atoms with Crippen LogP contribution in [0.2, 0.25) is 0 Å². The number of aromatic nitrogens is 3. The normalized spacial score (nSPS) is 14.6. The first-order chi connectivity index (χ1) is 17.8. The Morgan fingerprint density at radius 3 is 2.89 bits per heavy atom. The molecule has 0 saturated carbocycles. The topological polar surface area (TPSA) is 95.3 Å². The quantitative estimate of drug-likeness (QED) is 0.210. The Kier molecular flexibility index (Phi) is 8.71. The number of hydrogen-bond acceptors (Lipinski definition) is 8. The standard InChI is InChI=1S/C27H32N4O4S2/c1-6-11-31-22(14-35-20-12-16(2)7-9-18(20)4)29-30-27(31)36-15-23(32)28-25-24(26(33)34-5)19-10-8-17(3)13-21(19)37-25/h6-7,9,12,17H,1,8,10-11,13-15H2,2-5H3,(H,28,32). The van der Waals surface area contributed by atoms with Crippen molar-refractivity contribution in [2.45, 2.75) is 58.3 Å². The zero-order valence-electron chi connectivity index (χ0n) is 21.6. The number of allylic oxidation sites excluding steroid dienone is 1. The average molecular weight is 541 g/mol. The second kappa shape index (κ2) is 12.0. The molecule has 1 atom stereocenters. The number of esters is 1. The number of nitrogens with one attached hydrogen (secondary N) is 1. The Balaban J connectivity index is 1.44. The molecule has 0 radical (unpaired) electrons. The highest BCUT2D eigenvalue weighted by atomic mass is 32.2. The summed E-state index contributed by atoms with van der Waals surface area (Å²) in [7, 11) is 1.37. The first-order valence-corrected chi connectivity index (χ1v) is 14.0. The third-order valence-electron chi connectivity index (χ3n) is 6.29. The second-order valence-corrected chi connectivity index (χ2v) is 11.3. The van der Waals surface area contributed by atoms with E-state index in [-0.39, 0.29) is 18.3 Å². The number of methoxy groups -OCH3 is 1. The van der Waals surface area contributed by atoms with Gasteiger partial charge in [0.25, 0.3) is 0 Å². The largest absolute Gasteiger partial charge is 0.485 e. The molecule has 4 rings (SSSR count). The molecule has 0 bridgehead atoms. The fourth-order valence-electron chi connectivity index (χ4n) is 4.30. The molecular weight excluding hydrogens is 508 g/mol. The van der Waals surface area contributed by atoms with Gasteiger partial charge in [0.2, 0.25) is 5.91 Å². The predicted molar refractivity (Wildman–Crippen MR) is 147 cm³/mol. The van der Waals surface area contributed by atoms with Crippen molar-refractivity contribution in [1.82, 2.24) is 14.8 Å². The molecule has 10 heteroatoms. The molecule has 1 aliphatic rings. The van der Waals surface area contributed by atoms with Crippen LogP contribution in [0, 0.1) is 19.8 Å². The summed E-state index contributed by atoms with van der Waals surface area (Å²) in [5.41, 5.74) is 3.67. The van der Waals surface area contributed by atoms with Gasteiger partial charge in [-0.25, -0.2) is 4.79 Å². The average Bonchev–Trinajstić information content (AvgIpc) is 3.42. The molecular formula is C27H32N4O4S2. The summed E-state index contributed by atoms with van der Waals surface area (Å²) in [5, 5.41) is 12.7. The summed E-state index contributed by atoms with van der Waals surface area (Å²) in [6, 6.07) is 6.06. The van der Waals surface area contributed by atoms with Gasteiger partial charge in [-0.3, -0.25) is 9.36 Å². The number of thiophene rings is 1. The molecule has 1 aromatic carbocycles. The van der Waals surface area contributed by atoms with Crippen LogP contribution < -0.4 is 10.1 Å². The maximum atomic E-state index is 12.9. The second-order valence-electron chi connectivity index (χ2n) is 9.24. The summed E-state index contributed by atoms with van der Waals surface area (Å²) in [6.07, 6.45) is 4.51. The number of carbonyl (C=O) groups excluding carboxylic acids is 2. The van der Waals surface area contributed by atoms with Gasteiger partial charge in [0.05, 0.1) is 18.4 Å². The third kappa shape index (κ3) is 6.24. The molecule has 1 amide bonds. The number of fused-ring (bicyclic) bond motifs is 1. The van der Waals surface area contributed by atoms with E-state index in [0.717, 1.165) is 46.6 Å². The van der Waals surface area contributed by atoms with Gasteiger partial charge in [-0.15, -0.1) is 28.1 Å². The third-order valence-corrected chi connectivity index (χ3v) is 8.43. The van der Waals surface area contributed by atoms with E-state index in [1.807, 2.05) is 36.6 Å². The molecule has 0 saturated heterocycles. The monoisotopic (exact) mass is 540 g/mol. The van der Waals surface area contributed by atoms with Gasteiger partial charge in [0.15, 0.2) is 11.0 Å². The van der Waals surface area contributed by atoms with E-state index in [1.165, 1.54) is 30.2 Å². The molecule has 0 spiro atoms. The maximum absolute atomic E-state index is 12.9. The minimum Gasteiger partial charge on any atom is -0.485 e. The number of rotatable bonds is 10. The minimum absolute atomic E-state index is 0.118. The molecule has 0 fully saturated rings. The number of anilines is 1. The van der Waals surface area contributed by atoms with Crippen molar-refractivity contribution in [1.29, 1.82) is 0 Å². The van der Waals surface area contributed by atoms with E-state index < -0.39 is 5.97 Å². The highest BCUT2D eigenvalue weighted by Gasteiger charge is 2.29. The van der Waals surface area contributed by atoms with Crippen LogP contribution in [0.1, 0.15) is 51.1 Å². The first kappa shape index (κ1) is 26.9. The van der Waals surface area contributed by atoms with Gasteiger partial charge >= 0.3 is 5.97 Å². The van der Waals surface area contributed by atoms with Crippen LogP contribution in [-0.4, -0.2) is 39.5 Å². The van der Waals surface area contributed by atoms with E-state index in [9.17, 15) is 9.59 Å². The van der Waals surface area contributed by atoms with Crippen molar-refractivity contribution >= 4 is 40.0 Å². The molecule has 1 unspecified atom stereocenters. The lowest BCUT2D eigenvalue weighted by molar-refractivity contribution is -0.113. The van der Waals surface area contributed by atoms with Crippen molar-refractivity contribution in [3.63, 3.8) is 0 Å². The Morgan fingerprint density at radius 2 is 2.14 bits per heavy atom. The van der Waals surface area contributed by atoms with Crippen molar-refractivity contribution < 1.29 is 19.1 Å². The highest BCUT2D eigenvalue weighted by Crippen LogP contribution is 2.40. The van der Waals surface area contributed by atoms with Crippen LogP contribution in [0.4, 0.5) is 5.00 Å². The van der Waals surface area contributed by atoms with Crippen molar-refractivity contribution in [3.05, 3.63) is 63.8 Å². The summed E-state index contributed by atoms with van der Waals surface area (Å²) in [6.45, 7) is 10.8. The number of ether oxygens (including phenoxy) is 2. The van der Waals surface area contributed by atoms with Crippen LogP contribution in [0.15, 0.2) is 36.0 Å². The number of carbonyl (C=O) groups is 2. The summed E-state index contributed by atoms with van der Waals surface area (Å²) in [4.78, 5) is 26.6. The Hall–Kier alpha value is -3.11. The predicted octanol–water partition coefficient (Wildman–Crippen LogP) is 5.36. The number of benzene rings is 1. The van der Waals surface area contributed by atoms with Gasteiger partial charge in [0.1, 0.15) is 17.4 Å². The summed E-state index contributed by atoms with van der Waals surface area (Å²) >= 11 is 2.76. The van der Waals surface area contributed by atoms with Crippen molar-refractivity contribution in [2.24, 2.45) is 5.92 Å². The number of aryl methyl sites for hydroxylation is 2. The van der Waals surface area contributed by atoms with E-state index in [2.05, 4.69) is 29.0 Å². The highest BCUT2D eigenvalue weighted by molar-refractivity contribution is 7.99. The molecule has 2 aromatic heterocycles. The number of nitrogens with zero attached hydrogens (tertiary/aromatic N) is 3. The van der Waals surface area contributed by atoms with Crippen LogP contribution in [0.3, 0.4) is 0 Å². The van der Waals surface area contributed by atoms with E-state index in [4.69, 9.17) is 9.47 Å².